The monoisotopic (exact) mass is 292 g/mol. The Kier molecular flexibility index (Phi) is 3.52. The molecule has 3 rings (SSSR count). The van der Waals surface area contributed by atoms with Gasteiger partial charge in [-0.2, -0.15) is 4.80 Å². The van der Waals surface area contributed by atoms with Crippen LogP contribution in [0.3, 0.4) is 0 Å². The lowest BCUT2D eigenvalue weighted by Crippen LogP contribution is -2.28. The Bertz CT molecular complexity index is 681. The molecule has 0 N–H and O–H groups in total. The molecular weight excluding hydrogens is 276 g/mol. The van der Waals surface area contributed by atoms with Crippen molar-refractivity contribution in [1.29, 1.82) is 0 Å². The third kappa shape index (κ3) is 3.04. The van der Waals surface area contributed by atoms with Crippen LogP contribution in [-0.2, 0) is 16.4 Å². The fourth-order valence-electron chi connectivity index (χ4n) is 2.52. The zero-order chi connectivity index (χ0) is 14.0. The fraction of sp³-hybridized carbons (Fsp3) is 0.462. The van der Waals surface area contributed by atoms with Crippen molar-refractivity contribution >= 4 is 9.84 Å². The van der Waals surface area contributed by atoms with Crippen LogP contribution >= 0.6 is 0 Å². The van der Waals surface area contributed by atoms with Gasteiger partial charge in [-0.05, 0) is 24.0 Å². The molecule has 0 bridgehead atoms. The molecule has 1 aliphatic heterocycles. The van der Waals surface area contributed by atoms with Crippen LogP contribution in [-0.4, -0.2) is 40.1 Å². The second-order valence-corrected chi connectivity index (χ2v) is 7.39. The van der Waals surface area contributed by atoms with E-state index in [1.807, 2.05) is 30.3 Å². The van der Waals surface area contributed by atoms with Gasteiger partial charge < -0.3 is 0 Å². The van der Waals surface area contributed by atoms with Gasteiger partial charge in [0.05, 0.1) is 18.1 Å². The summed E-state index contributed by atoms with van der Waals surface area (Å²) < 4.78 is 23.2. The zero-order valence-electron chi connectivity index (χ0n) is 11.0. The molecule has 1 unspecified atom stereocenters. The van der Waals surface area contributed by atoms with Crippen molar-refractivity contribution in [2.75, 3.05) is 11.5 Å². The minimum absolute atomic E-state index is 0.0894. The van der Waals surface area contributed by atoms with Crippen molar-refractivity contribution in [2.45, 2.75) is 19.4 Å². The van der Waals surface area contributed by atoms with Crippen molar-refractivity contribution in [3.63, 3.8) is 0 Å². The summed E-state index contributed by atoms with van der Waals surface area (Å²) in [5.74, 6) is 1.20. The van der Waals surface area contributed by atoms with Crippen LogP contribution in [0.15, 0.2) is 30.3 Å². The summed E-state index contributed by atoms with van der Waals surface area (Å²) in [4.78, 5) is 1.51. The van der Waals surface area contributed by atoms with Crippen LogP contribution in [0, 0.1) is 5.92 Å². The quantitative estimate of drug-likeness (QED) is 0.848. The van der Waals surface area contributed by atoms with E-state index in [2.05, 4.69) is 15.4 Å². The van der Waals surface area contributed by atoms with E-state index in [1.165, 1.54) is 4.80 Å². The Labute approximate surface area is 117 Å². The lowest BCUT2D eigenvalue weighted by molar-refractivity contribution is 0.374. The molecule has 6 nitrogen and oxygen atoms in total. The predicted molar refractivity (Wildman–Crippen MR) is 74.6 cm³/mol. The molecule has 1 fully saturated rings. The molecule has 2 heterocycles. The Morgan fingerprint density at radius 1 is 1.25 bits per heavy atom. The third-order valence-electron chi connectivity index (χ3n) is 3.46. The molecule has 0 radical (unpaired) electrons. The number of rotatable bonds is 3. The van der Waals surface area contributed by atoms with Crippen molar-refractivity contribution in [3.05, 3.63) is 30.3 Å². The zero-order valence-corrected chi connectivity index (χ0v) is 11.8. The van der Waals surface area contributed by atoms with E-state index in [0.717, 1.165) is 18.4 Å². The van der Waals surface area contributed by atoms with Gasteiger partial charge in [-0.3, -0.25) is 0 Å². The molecule has 1 saturated heterocycles. The van der Waals surface area contributed by atoms with Gasteiger partial charge in [0, 0.05) is 5.56 Å². The summed E-state index contributed by atoms with van der Waals surface area (Å²) in [6, 6.07) is 9.62. The first-order chi connectivity index (χ1) is 9.62. The lowest BCUT2D eigenvalue weighted by atomic mass is 10.1. The van der Waals surface area contributed by atoms with Gasteiger partial charge in [-0.15, -0.1) is 10.2 Å². The summed E-state index contributed by atoms with van der Waals surface area (Å²) in [7, 11) is -2.89. The highest BCUT2D eigenvalue weighted by Crippen LogP contribution is 2.20. The molecule has 20 heavy (non-hydrogen) atoms. The van der Waals surface area contributed by atoms with Crippen LogP contribution in [0.4, 0.5) is 0 Å². The third-order valence-corrected chi connectivity index (χ3v) is 5.35. The Balaban J connectivity index is 1.72. The molecule has 0 saturated carbocycles. The predicted octanol–water partition coefficient (Wildman–Crippen LogP) is 1.16. The van der Waals surface area contributed by atoms with E-state index in [4.69, 9.17) is 0 Å². The molecule has 1 aliphatic rings. The average molecular weight is 292 g/mol. The van der Waals surface area contributed by atoms with E-state index >= 15 is 0 Å². The number of benzene rings is 1. The minimum atomic E-state index is -2.89. The van der Waals surface area contributed by atoms with Gasteiger partial charge in [0.1, 0.15) is 0 Å². The molecule has 106 valence electrons. The van der Waals surface area contributed by atoms with E-state index in [1.54, 1.807) is 0 Å². The molecule has 1 atom stereocenters. The largest absolute Gasteiger partial charge is 0.229 e. The van der Waals surface area contributed by atoms with Crippen molar-refractivity contribution in [3.8, 4) is 11.4 Å². The van der Waals surface area contributed by atoms with Gasteiger partial charge in [-0.25, -0.2) is 8.42 Å². The maximum absolute atomic E-state index is 11.6. The first-order valence-electron chi connectivity index (χ1n) is 6.66. The number of tetrazole rings is 1. The summed E-state index contributed by atoms with van der Waals surface area (Å²) >= 11 is 0. The Morgan fingerprint density at radius 3 is 2.80 bits per heavy atom. The molecule has 0 aliphatic carbocycles. The summed E-state index contributed by atoms with van der Waals surface area (Å²) in [5, 5.41) is 12.4. The van der Waals surface area contributed by atoms with Crippen LogP contribution < -0.4 is 0 Å². The molecule has 1 aromatic carbocycles. The maximum atomic E-state index is 11.6. The summed E-state index contributed by atoms with van der Waals surface area (Å²) in [6.07, 6.45) is 1.63. The number of hydrogen-bond donors (Lipinski definition) is 0. The number of hydrogen-bond acceptors (Lipinski definition) is 5. The second kappa shape index (κ2) is 5.32. The average Bonchev–Trinajstić information content (AvgIpc) is 2.87. The smallest absolute Gasteiger partial charge is 0.204 e. The SMILES string of the molecule is O=S1(=O)CCCC(Cn2nnc(-c3ccccc3)n2)C1. The maximum Gasteiger partial charge on any atom is 0.204 e. The van der Waals surface area contributed by atoms with Crippen molar-refractivity contribution in [2.24, 2.45) is 5.92 Å². The minimum Gasteiger partial charge on any atom is -0.229 e. The topological polar surface area (TPSA) is 77.7 Å². The molecular formula is C13H16N4O2S. The van der Waals surface area contributed by atoms with Crippen LogP contribution in [0.5, 0.6) is 0 Å². The van der Waals surface area contributed by atoms with Gasteiger partial charge >= 0.3 is 0 Å². The van der Waals surface area contributed by atoms with E-state index in [-0.39, 0.29) is 11.7 Å². The highest BCUT2D eigenvalue weighted by atomic mass is 32.2. The highest BCUT2D eigenvalue weighted by Gasteiger charge is 2.25. The van der Waals surface area contributed by atoms with Crippen molar-refractivity contribution in [1.82, 2.24) is 20.2 Å². The number of sulfone groups is 1. The molecule has 7 heteroatoms. The normalized spacial score (nSPS) is 21.7. The molecule has 0 amide bonds. The first kappa shape index (κ1) is 13.2. The summed E-state index contributed by atoms with van der Waals surface area (Å²) in [6.45, 7) is 0.513. The van der Waals surface area contributed by atoms with Crippen LogP contribution in [0.2, 0.25) is 0 Å². The Hall–Kier alpha value is -1.76. The standard InChI is InChI=1S/C13H16N4O2S/c18-20(19)8-4-5-11(10-20)9-17-15-13(14-16-17)12-6-2-1-3-7-12/h1-3,6-7,11H,4-5,8-10H2. The second-order valence-electron chi connectivity index (χ2n) is 5.16. The van der Waals surface area contributed by atoms with E-state index in [0.29, 0.717) is 18.1 Å². The number of aromatic nitrogens is 4. The van der Waals surface area contributed by atoms with E-state index in [9.17, 15) is 8.42 Å². The van der Waals surface area contributed by atoms with E-state index < -0.39 is 9.84 Å². The van der Waals surface area contributed by atoms with Gasteiger partial charge in [0.15, 0.2) is 9.84 Å². The summed E-state index contributed by atoms with van der Waals surface area (Å²) in [5.41, 5.74) is 0.912. The molecule has 2 aromatic rings. The van der Waals surface area contributed by atoms with Crippen LogP contribution in [0.25, 0.3) is 11.4 Å². The van der Waals surface area contributed by atoms with Crippen LogP contribution in [0.1, 0.15) is 12.8 Å². The fourth-order valence-corrected chi connectivity index (χ4v) is 4.28. The van der Waals surface area contributed by atoms with Gasteiger partial charge in [0.2, 0.25) is 5.82 Å². The van der Waals surface area contributed by atoms with Gasteiger partial charge in [0.25, 0.3) is 0 Å². The van der Waals surface area contributed by atoms with Crippen molar-refractivity contribution < 1.29 is 8.42 Å². The highest BCUT2D eigenvalue weighted by molar-refractivity contribution is 7.91. The first-order valence-corrected chi connectivity index (χ1v) is 8.48. The lowest BCUT2D eigenvalue weighted by Gasteiger charge is -2.20. The van der Waals surface area contributed by atoms with Gasteiger partial charge in [-0.1, -0.05) is 30.3 Å². The molecule has 0 spiro atoms. The molecule has 1 aromatic heterocycles. The Morgan fingerprint density at radius 2 is 2.05 bits per heavy atom. The number of nitrogens with zero attached hydrogens (tertiary/aromatic N) is 4.